The fraction of sp³-hybridized carbons (Fsp3) is 0.250. The third-order valence-electron chi connectivity index (χ3n) is 3.08. The summed E-state index contributed by atoms with van der Waals surface area (Å²) in [7, 11) is -3.77. The lowest BCUT2D eigenvalue weighted by Gasteiger charge is -2.26. The van der Waals surface area contributed by atoms with Crippen molar-refractivity contribution in [3.63, 3.8) is 0 Å². The Morgan fingerprint density at radius 1 is 1.09 bits per heavy atom. The summed E-state index contributed by atoms with van der Waals surface area (Å²) in [5.41, 5.74) is 0.270. The minimum atomic E-state index is -3.77. The Kier molecular flexibility index (Phi) is 4.98. The third-order valence-corrected chi connectivity index (χ3v) is 5.13. The summed E-state index contributed by atoms with van der Waals surface area (Å²) in [5.74, 6) is 0.0300. The Morgan fingerprint density at radius 2 is 1.68 bits per heavy atom. The molecule has 0 saturated carbocycles. The summed E-state index contributed by atoms with van der Waals surface area (Å²) in [6, 6.07) is 12.4. The highest BCUT2D eigenvalue weighted by Crippen LogP contribution is 2.32. The smallest absolute Gasteiger partial charge is 0.264 e. The maximum atomic E-state index is 12.9. The molecule has 2 aromatic carbocycles. The second-order valence-electron chi connectivity index (χ2n) is 5.37. The van der Waals surface area contributed by atoms with Crippen LogP contribution in [0.1, 0.15) is 13.8 Å². The first-order valence-electron chi connectivity index (χ1n) is 6.88. The highest BCUT2D eigenvalue weighted by Gasteiger charge is 2.27. The molecule has 0 aromatic heterocycles. The largest absolute Gasteiger partial charge is 0.506 e. The Hall–Kier alpha value is -1.72. The van der Waals surface area contributed by atoms with Gasteiger partial charge in [0, 0.05) is 11.6 Å². The maximum Gasteiger partial charge on any atom is 0.264 e. The topological polar surface area (TPSA) is 57.6 Å². The van der Waals surface area contributed by atoms with E-state index in [-0.39, 0.29) is 28.8 Å². The summed E-state index contributed by atoms with van der Waals surface area (Å²) in [6.07, 6.45) is 0. The van der Waals surface area contributed by atoms with Crippen LogP contribution in [-0.2, 0) is 10.0 Å². The molecule has 0 spiro atoms. The number of rotatable bonds is 5. The molecule has 0 atom stereocenters. The van der Waals surface area contributed by atoms with E-state index in [9.17, 15) is 13.5 Å². The second-order valence-corrected chi connectivity index (χ2v) is 7.67. The molecule has 0 amide bonds. The number of halogens is 1. The van der Waals surface area contributed by atoms with E-state index < -0.39 is 10.0 Å². The maximum absolute atomic E-state index is 12.9. The third kappa shape index (κ3) is 3.54. The van der Waals surface area contributed by atoms with Crippen LogP contribution in [0.15, 0.2) is 53.4 Å². The Morgan fingerprint density at radius 3 is 2.23 bits per heavy atom. The predicted molar refractivity (Wildman–Crippen MR) is 88.9 cm³/mol. The summed E-state index contributed by atoms with van der Waals surface area (Å²) in [4.78, 5) is 0.140. The molecule has 22 heavy (non-hydrogen) atoms. The van der Waals surface area contributed by atoms with Crippen molar-refractivity contribution >= 4 is 27.3 Å². The molecular weight excluding hydrogens is 322 g/mol. The Bertz CT molecular complexity index is 742. The molecule has 0 unspecified atom stereocenters. The number of phenols is 1. The van der Waals surface area contributed by atoms with Gasteiger partial charge in [0.15, 0.2) is 0 Å². The van der Waals surface area contributed by atoms with Gasteiger partial charge in [-0.3, -0.25) is 4.31 Å². The molecule has 0 aliphatic heterocycles. The number of para-hydroxylation sites is 2. The van der Waals surface area contributed by atoms with Crippen LogP contribution < -0.4 is 4.31 Å². The van der Waals surface area contributed by atoms with Gasteiger partial charge in [-0.15, -0.1) is 0 Å². The van der Waals surface area contributed by atoms with Gasteiger partial charge in [-0.25, -0.2) is 8.42 Å². The van der Waals surface area contributed by atoms with E-state index >= 15 is 0 Å². The molecule has 1 N–H and O–H groups in total. The molecular formula is C16H18ClNO3S. The quantitative estimate of drug-likeness (QED) is 0.898. The van der Waals surface area contributed by atoms with Gasteiger partial charge in [0.2, 0.25) is 0 Å². The van der Waals surface area contributed by atoms with Crippen molar-refractivity contribution < 1.29 is 13.5 Å². The Labute approximate surface area is 136 Å². The van der Waals surface area contributed by atoms with Gasteiger partial charge in [0.25, 0.3) is 10.0 Å². The molecule has 0 bridgehead atoms. The molecule has 118 valence electrons. The van der Waals surface area contributed by atoms with Gasteiger partial charge >= 0.3 is 0 Å². The average Bonchev–Trinajstić information content (AvgIpc) is 2.46. The second kappa shape index (κ2) is 6.58. The fourth-order valence-electron chi connectivity index (χ4n) is 2.07. The zero-order valence-corrected chi connectivity index (χ0v) is 14.0. The van der Waals surface area contributed by atoms with Crippen LogP contribution in [0, 0.1) is 5.92 Å². The minimum absolute atomic E-state index is 0.0688. The van der Waals surface area contributed by atoms with Gasteiger partial charge < -0.3 is 5.11 Å². The van der Waals surface area contributed by atoms with Crippen molar-refractivity contribution in [2.24, 2.45) is 5.92 Å². The molecule has 0 heterocycles. The fourth-order valence-corrected chi connectivity index (χ4v) is 3.83. The molecule has 0 radical (unpaired) electrons. The van der Waals surface area contributed by atoms with Crippen LogP contribution in [0.3, 0.4) is 0 Å². The van der Waals surface area contributed by atoms with E-state index in [1.165, 1.54) is 34.6 Å². The van der Waals surface area contributed by atoms with E-state index in [0.29, 0.717) is 5.02 Å². The van der Waals surface area contributed by atoms with Gasteiger partial charge in [0.1, 0.15) is 5.75 Å². The first-order chi connectivity index (χ1) is 10.3. The zero-order chi connectivity index (χ0) is 16.3. The number of sulfonamides is 1. The monoisotopic (exact) mass is 339 g/mol. The molecule has 0 saturated heterocycles. The van der Waals surface area contributed by atoms with E-state index in [1.807, 2.05) is 13.8 Å². The van der Waals surface area contributed by atoms with Crippen molar-refractivity contribution in [3.8, 4) is 5.75 Å². The van der Waals surface area contributed by atoms with Crippen LogP contribution in [-0.4, -0.2) is 20.1 Å². The number of nitrogens with zero attached hydrogens (tertiary/aromatic N) is 1. The number of anilines is 1. The van der Waals surface area contributed by atoms with E-state index in [2.05, 4.69) is 0 Å². The first-order valence-corrected chi connectivity index (χ1v) is 8.70. The number of benzene rings is 2. The van der Waals surface area contributed by atoms with Crippen LogP contribution in [0.5, 0.6) is 5.75 Å². The van der Waals surface area contributed by atoms with Gasteiger partial charge in [-0.05, 0) is 42.3 Å². The van der Waals surface area contributed by atoms with Crippen LogP contribution in [0.25, 0.3) is 0 Å². The van der Waals surface area contributed by atoms with Gasteiger partial charge in [-0.1, -0.05) is 37.6 Å². The van der Waals surface area contributed by atoms with Gasteiger partial charge in [-0.2, -0.15) is 0 Å². The van der Waals surface area contributed by atoms with Crippen LogP contribution in [0.2, 0.25) is 5.02 Å². The summed E-state index contributed by atoms with van der Waals surface area (Å²) in [6.45, 7) is 4.11. The molecule has 0 aliphatic rings. The van der Waals surface area contributed by atoms with Gasteiger partial charge in [0.05, 0.1) is 10.6 Å². The van der Waals surface area contributed by atoms with E-state index in [4.69, 9.17) is 11.6 Å². The first kappa shape index (κ1) is 16.6. The minimum Gasteiger partial charge on any atom is -0.506 e. The van der Waals surface area contributed by atoms with Crippen molar-refractivity contribution in [1.82, 2.24) is 0 Å². The van der Waals surface area contributed by atoms with Crippen molar-refractivity contribution in [3.05, 3.63) is 53.6 Å². The highest BCUT2D eigenvalue weighted by atomic mass is 35.5. The van der Waals surface area contributed by atoms with Crippen molar-refractivity contribution in [2.75, 3.05) is 10.8 Å². The van der Waals surface area contributed by atoms with E-state index in [1.54, 1.807) is 18.2 Å². The summed E-state index contributed by atoms with van der Waals surface area (Å²) in [5, 5.41) is 10.5. The standard InChI is InChI=1S/C16H18ClNO3S/c1-12(2)11-18(15-5-3-4-6-16(15)19)22(20,21)14-9-7-13(17)8-10-14/h3-10,12,19H,11H2,1-2H3. The van der Waals surface area contributed by atoms with E-state index in [0.717, 1.165) is 0 Å². The predicted octanol–water partition coefficient (Wildman–Crippen LogP) is 3.90. The lowest BCUT2D eigenvalue weighted by Crippen LogP contribution is -2.34. The van der Waals surface area contributed by atoms with Crippen LogP contribution in [0.4, 0.5) is 5.69 Å². The number of hydrogen-bond acceptors (Lipinski definition) is 3. The molecule has 0 aliphatic carbocycles. The Balaban J connectivity index is 2.53. The molecule has 0 fully saturated rings. The number of phenolic OH excluding ortho intramolecular Hbond substituents is 1. The number of aromatic hydroxyl groups is 1. The number of hydrogen-bond donors (Lipinski definition) is 1. The lowest BCUT2D eigenvalue weighted by molar-refractivity contribution is 0.474. The molecule has 4 nitrogen and oxygen atoms in total. The van der Waals surface area contributed by atoms with Crippen molar-refractivity contribution in [2.45, 2.75) is 18.7 Å². The summed E-state index contributed by atoms with van der Waals surface area (Å²) < 4.78 is 27.0. The lowest BCUT2D eigenvalue weighted by atomic mass is 10.2. The molecule has 6 heteroatoms. The molecule has 2 rings (SSSR count). The van der Waals surface area contributed by atoms with Crippen LogP contribution >= 0.6 is 11.6 Å². The SMILES string of the molecule is CC(C)CN(c1ccccc1O)S(=O)(=O)c1ccc(Cl)cc1. The van der Waals surface area contributed by atoms with Crippen molar-refractivity contribution in [1.29, 1.82) is 0 Å². The average molecular weight is 340 g/mol. The summed E-state index contributed by atoms with van der Waals surface area (Å²) >= 11 is 5.82. The normalized spacial score (nSPS) is 11.6. The highest BCUT2D eigenvalue weighted by molar-refractivity contribution is 7.92. The zero-order valence-electron chi connectivity index (χ0n) is 12.4. The molecule has 2 aromatic rings.